The van der Waals surface area contributed by atoms with Gasteiger partial charge in [-0.15, -0.1) is 6.58 Å². The van der Waals surface area contributed by atoms with Crippen LogP contribution in [-0.4, -0.2) is 35.7 Å². The van der Waals surface area contributed by atoms with E-state index in [0.717, 1.165) is 5.56 Å². The summed E-state index contributed by atoms with van der Waals surface area (Å²) in [5.74, 6) is 0. The topological polar surface area (TPSA) is 52.6 Å². The van der Waals surface area contributed by atoms with Crippen LogP contribution in [0.3, 0.4) is 0 Å². The fourth-order valence-electron chi connectivity index (χ4n) is 2.17. The highest BCUT2D eigenvalue weighted by atomic mass is 16.3. The highest BCUT2D eigenvalue weighted by molar-refractivity contribution is 5.74. The number of rotatable bonds is 6. The summed E-state index contributed by atoms with van der Waals surface area (Å²) in [5, 5.41) is 11.9. The Labute approximate surface area is 121 Å². The first-order valence-corrected chi connectivity index (χ1v) is 6.83. The SMILES string of the molecule is C=CCN(CCO)C(=O)NC(C)c1cc(C)cc(C)c1. The smallest absolute Gasteiger partial charge is 0.318 e. The van der Waals surface area contributed by atoms with Gasteiger partial charge in [0.05, 0.1) is 12.6 Å². The van der Waals surface area contributed by atoms with Crippen LogP contribution >= 0.6 is 0 Å². The van der Waals surface area contributed by atoms with Crippen LogP contribution in [0.5, 0.6) is 0 Å². The molecule has 0 saturated carbocycles. The molecule has 0 aliphatic rings. The van der Waals surface area contributed by atoms with E-state index in [1.165, 1.54) is 16.0 Å². The third-order valence-corrected chi connectivity index (χ3v) is 3.09. The predicted molar refractivity (Wildman–Crippen MR) is 81.7 cm³/mol. The van der Waals surface area contributed by atoms with Gasteiger partial charge in [0.25, 0.3) is 0 Å². The molecule has 0 aliphatic heterocycles. The summed E-state index contributed by atoms with van der Waals surface area (Å²) in [6, 6.07) is 5.98. The fraction of sp³-hybridized carbons (Fsp3) is 0.438. The third kappa shape index (κ3) is 4.70. The second-order valence-electron chi connectivity index (χ2n) is 5.05. The van der Waals surface area contributed by atoms with Gasteiger partial charge in [0.2, 0.25) is 0 Å². The molecule has 0 bridgehead atoms. The molecule has 20 heavy (non-hydrogen) atoms. The van der Waals surface area contributed by atoms with E-state index in [0.29, 0.717) is 13.1 Å². The number of urea groups is 1. The largest absolute Gasteiger partial charge is 0.395 e. The lowest BCUT2D eigenvalue weighted by Crippen LogP contribution is -2.42. The van der Waals surface area contributed by atoms with Gasteiger partial charge in [0, 0.05) is 13.1 Å². The number of aliphatic hydroxyl groups is 1. The summed E-state index contributed by atoms with van der Waals surface area (Å²) >= 11 is 0. The molecule has 0 aromatic heterocycles. The molecule has 1 unspecified atom stereocenters. The summed E-state index contributed by atoms with van der Waals surface area (Å²) in [6.07, 6.45) is 1.65. The molecule has 0 aliphatic carbocycles. The maximum absolute atomic E-state index is 12.1. The Morgan fingerprint density at radius 1 is 1.40 bits per heavy atom. The molecule has 0 radical (unpaired) electrons. The summed E-state index contributed by atoms with van der Waals surface area (Å²) in [4.78, 5) is 13.7. The second kappa shape index (κ2) is 7.70. The van der Waals surface area contributed by atoms with Crippen LogP contribution in [0.15, 0.2) is 30.9 Å². The van der Waals surface area contributed by atoms with E-state index in [-0.39, 0.29) is 18.7 Å². The van der Waals surface area contributed by atoms with Gasteiger partial charge in [-0.25, -0.2) is 4.79 Å². The van der Waals surface area contributed by atoms with E-state index in [1.54, 1.807) is 6.08 Å². The number of nitrogens with one attached hydrogen (secondary N) is 1. The van der Waals surface area contributed by atoms with Crippen LogP contribution in [0.4, 0.5) is 4.79 Å². The number of carbonyl (C=O) groups is 1. The molecule has 1 atom stereocenters. The molecule has 1 rings (SSSR count). The van der Waals surface area contributed by atoms with Crippen molar-refractivity contribution in [2.24, 2.45) is 0 Å². The van der Waals surface area contributed by atoms with Crippen molar-refractivity contribution in [1.29, 1.82) is 0 Å². The average molecular weight is 276 g/mol. The second-order valence-corrected chi connectivity index (χ2v) is 5.05. The van der Waals surface area contributed by atoms with E-state index >= 15 is 0 Å². The lowest BCUT2D eigenvalue weighted by Gasteiger charge is -2.24. The number of aryl methyl sites for hydroxylation is 2. The Morgan fingerprint density at radius 2 is 2.00 bits per heavy atom. The van der Waals surface area contributed by atoms with Crippen molar-refractivity contribution in [2.45, 2.75) is 26.8 Å². The number of hydrogen-bond donors (Lipinski definition) is 2. The molecule has 0 heterocycles. The molecule has 1 aromatic carbocycles. The van der Waals surface area contributed by atoms with Crippen molar-refractivity contribution in [3.8, 4) is 0 Å². The summed E-state index contributed by atoms with van der Waals surface area (Å²) in [6.45, 7) is 10.3. The van der Waals surface area contributed by atoms with Crippen molar-refractivity contribution in [2.75, 3.05) is 19.7 Å². The Balaban J connectivity index is 2.74. The summed E-state index contributed by atoms with van der Waals surface area (Å²) < 4.78 is 0. The van der Waals surface area contributed by atoms with Gasteiger partial charge in [-0.3, -0.25) is 0 Å². The zero-order valence-corrected chi connectivity index (χ0v) is 12.5. The van der Waals surface area contributed by atoms with Crippen LogP contribution in [-0.2, 0) is 0 Å². The quantitative estimate of drug-likeness (QED) is 0.785. The van der Waals surface area contributed by atoms with Crippen molar-refractivity contribution >= 4 is 6.03 Å². The number of hydrogen-bond acceptors (Lipinski definition) is 2. The van der Waals surface area contributed by atoms with E-state index in [4.69, 9.17) is 5.11 Å². The van der Waals surface area contributed by atoms with Gasteiger partial charge in [0.15, 0.2) is 0 Å². The molecule has 4 nitrogen and oxygen atoms in total. The molecule has 0 spiro atoms. The van der Waals surface area contributed by atoms with Gasteiger partial charge in [0.1, 0.15) is 0 Å². The molecule has 110 valence electrons. The van der Waals surface area contributed by atoms with Crippen LogP contribution in [0.1, 0.15) is 29.7 Å². The van der Waals surface area contributed by atoms with Crippen LogP contribution in [0.25, 0.3) is 0 Å². The fourth-order valence-corrected chi connectivity index (χ4v) is 2.17. The number of benzene rings is 1. The number of amides is 2. The highest BCUT2D eigenvalue weighted by Gasteiger charge is 2.15. The van der Waals surface area contributed by atoms with Crippen LogP contribution < -0.4 is 5.32 Å². The van der Waals surface area contributed by atoms with Crippen molar-refractivity contribution in [3.63, 3.8) is 0 Å². The van der Waals surface area contributed by atoms with E-state index < -0.39 is 0 Å². The van der Waals surface area contributed by atoms with Gasteiger partial charge in [-0.2, -0.15) is 0 Å². The minimum Gasteiger partial charge on any atom is -0.395 e. The summed E-state index contributed by atoms with van der Waals surface area (Å²) in [7, 11) is 0. The van der Waals surface area contributed by atoms with Gasteiger partial charge < -0.3 is 15.3 Å². The third-order valence-electron chi connectivity index (χ3n) is 3.09. The first-order valence-electron chi connectivity index (χ1n) is 6.83. The first-order chi connectivity index (χ1) is 9.47. The van der Waals surface area contributed by atoms with E-state index in [2.05, 4.69) is 30.1 Å². The Morgan fingerprint density at radius 3 is 2.50 bits per heavy atom. The number of nitrogens with zero attached hydrogens (tertiary/aromatic N) is 1. The molecule has 1 aromatic rings. The molecule has 2 N–H and O–H groups in total. The maximum Gasteiger partial charge on any atom is 0.318 e. The van der Waals surface area contributed by atoms with Crippen molar-refractivity contribution in [1.82, 2.24) is 10.2 Å². The Hall–Kier alpha value is -1.81. The van der Waals surface area contributed by atoms with Crippen LogP contribution in [0.2, 0.25) is 0 Å². The Kier molecular flexibility index (Phi) is 6.25. The highest BCUT2D eigenvalue weighted by Crippen LogP contribution is 2.16. The van der Waals surface area contributed by atoms with E-state index in [1.807, 2.05) is 20.8 Å². The zero-order valence-electron chi connectivity index (χ0n) is 12.5. The summed E-state index contributed by atoms with van der Waals surface area (Å²) in [5.41, 5.74) is 3.44. The minimum atomic E-state index is -0.189. The normalized spacial score (nSPS) is 11.8. The average Bonchev–Trinajstić information content (AvgIpc) is 2.37. The molecule has 2 amide bonds. The molecular formula is C16H24N2O2. The van der Waals surface area contributed by atoms with E-state index in [9.17, 15) is 4.79 Å². The lowest BCUT2D eigenvalue weighted by molar-refractivity contribution is 0.181. The van der Waals surface area contributed by atoms with Gasteiger partial charge in [-0.1, -0.05) is 35.4 Å². The zero-order chi connectivity index (χ0) is 15.1. The number of carbonyl (C=O) groups excluding carboxylic acids is 1. The molecular weight excluding hydrogens is 252 g/mol. The first kappa shape index (κ1) is 16.2. The van der Waals surface area contributed by atoms with Crippen LogP contribution in [0, 0.1) is 13.8 Å². The predicted octanol–water partition coefficient (Wildman–Crippen LogP) is 2.55. The molecule has 4 heteroatoms. The van der Waals surface area contributed by atoms with Gasteiger partial charge >= 0.3 is 6.03 Å². The molecule has 0 fully saturated rings. The standard InChI is InChI=1S/C16H24N2O2/c1-5-6-18(7-8-19)16(20)17-14(4)15-10-12(2)9-13(3)11-15/h5,9-11,14,19H,1,6-8H2,2-4H3,(H,17,20). The van der Waals surface area contributed by atoms with Crippen molar-refractivity contribution < 1.29 is 9.90 Å². The Bertz CT molecular complexity index is 451. The maximum atomic E-state index is 12.1. The number of aliphatic hydroxyl groups excluding tert-OH is 1. The lowest BCUT2D eigenvalue weighted by atomic mass is 10.0. The minimum absolute atomic E-state index is 0.0564. The van der Waals surface area contributed by atoms with Crippen molar-refractivity contribution in [3.05, 3.63) is 47.5 Å². The monoisotopic (exact) mass is 276 g/mol. The van der Waals surface area contributed by atoms with Gasteiger partial charge in [-0.05, 0) is 26.3 Å². The molecule has 0 saturated heterocycles.